The van der Waals surface area contributed by atoms with Gasteiger partial charge < -0.3 is 0 Å². The summed E-state index contributed by atoms with van der Waals surface area (Å²) in [6.45, 7) is 2.00. The van der Waals surface area contributed by atoms with Gasteiger partial charge in [0.2, 0.25) is 0 Å². The minimum atomic E-state index is -5.27. The van der Waals surface area contributed by atoms with Crippen LogP contribution in [0, 0.1) is 5.92 Å². The van der Waals surface area contributed by atoms with Crippen molar-refractivity contribution in [3.8, 4) is 0 Å². The van der Waals surface area contributed by atoms with Crippen LogP contribution >= 0.6 is 15.8 Å². The first-order valence-electron chi connectivity index (χ1n) is 16.3. The fourth-order valence-electron chi connectivity index (χ4n) is 7.60. The highest BCUT2D eigenvalue weighted by atomic mass is 31.1. The van der Waals surface area contributed by atoms with Crippen LogP contribution in [0.15, 0.2) is 59.9 Å². The third-order valence-corrected chi connectivity index (χ3v) is 16.3. The van der Waals surface area contributed by atoms with Crippen LogP contribution in [0.1, 0.15) is 93.4 Å². The lowest BCUT2D eigenvalue weighted by Crippen LogP contribution is -2.30. The van der Waals surface area contributed by atoms with Gasteiger partial charge in [-0.3, -0.25) is 0 Å². The van der Waals surface area contributed by atoms with Gasteiger partial charge >= 0.3 is 24.7 Å². The third kappa shape index (κ3) is 8.88. The summed E-state index contributed by atoms with van der Waals surface area (Å²) in [6.07, 6.45) is -5.98. The minimum Gasteiger partial charge on any atom is -0.166 e. The smallest absolute Gasteiger partial charge is 0.166 e. The predicted molar refractivity (Wildman–Crippen MR) is 170 cm³/mol. The maximum atomic E-state index is 14.1. The Morgan fingerprint density at radius 1 is 0.531 bits per heavy atom. The van der Waals surface area contributed by atoms with Crippen LogP contribution in [0.5, 0.6) is 0 Å². The Kier molecular flexibility index (Phi) is 11.3. The Labute approximate surface area is 279 Å². The van der Waals surface area contributed by atoms with Crippen molar-refractivity contribution in [2.24, 2.45) is 5.92 Å². The first kappa shape index (κ1) is 38.2. The average molecular weight is 747 g/mol. The summed E-state index contributed by atoms with van der Waals surface area (Å²) in [5.41, 5.74) is -6.15. The molecule has 2 saturated carbocycles. The largest absolute Gasteiger partial charge is 0.416 e. The molecule has 3 aliphatic carbocycles. The van der Waals surface area contributed by atoms with Gasteiger partial charge in [-0.2, -0.15) is 52.7 Å². The molecule has 2 aromatic rings. The first-order chi connectivity index (χ1) is 22.7. The lowest BCUT2D eigenvalue weighted by Gasteiger charge is -2.44. The summed E-state index contributed by atoms with van der Waals surface area (Å²) in [4.78, 5) is 0. The normalized spacial score (nSPS) is 21.1. The molecule has 0 amide bonds. The molecule has 0 aromatic heterocycles. The standard InChI is InChI=1S/C35H36F12P2/c1-21(48(26-9-4-2-5-10-26)27-11-6-3-7-12-27)30-13-8-14-31(30)49(28-17-22(32(36,37)38)15-23(18-28)33(39,40)41)29-19-24(34(42,43)44)16-25(20-29)35(45,46)47/h8,13-21,26-27,30H,2-7,9-12H2,1H3/t21-,30?/m0/s1. The van der Waals surface area contributed by atoms with Crippen molar-refractivity contribution >= 4 is 26.5 Å². The lowest BCUT2D eigenvalue weighted by molar-refractivity contribution is -0.144. The molecule has 2 atom stereocenters. The van der Waals surface area contributed by atoms with E-state index in [0.717, 1.165) is 64.2 Å². The first-order valence-corrected chi connectivity index (χ1v) is 19.2. The van der Waals surface area contributed by atoms with Crippen molar-refractivity contribution in [3.63, 3.8) is 0 Å². The Balaban J connectivity index is 1.72. The summed E-state index contributed by atoms with van der Waals surface area (Å²) >= 11 is 0. The molecule has 0 nitrogen and oxygen atoms in total. The molecule has 14 heteroatoms. The maximum Gasteiger partial charge on any atom is 0.416 e. The number of allylic oxidation sites excluding steroid dienone is 4. The molecule has 0 spiro atoms. The van der Waals surface area contributed by atoms with Crippen LogP contribution < -0.4 is 10.6 Å². The Hall–Kier alpha value is -2.06. The number of hydrogen-bond acceptors (Lipinski definition) is 0. The van der Waals surface area contributed by atoms with Crippen molar-refractivity contribution < 1.29 is 52.7 Å². The van der Waals surface area contributed by atoms with Gasteiger partial charge in [0.05, 0.1) is 22.3 Å². The second-order valence-corrected chi connectivity index (χ2v) is 18.5. The molecule has 49 heavy (non-hydrogen) atoms. The maximum absolute atomic E-state index is 14.1. The van der Waals surface area contributed by atoms with Crippen LogP contribution in [0.2, 0.25) is 0 Å². The fraction of sp³-hybridized carbons (Fsp3) is 0.543. The summed E-state index contributed by atoms with van der Waals surface area (Å²) in [6, 6.07) is 1.61. The van der Waals surface area contributed by atoms with Crippen LogP contribution in [0.25, 0.3) is 0 Å². The Bertz CT molecular complexity index is 1360. The monoisotopic (exact) mass is 746 g/mol. The molecule has 2 fully saturated rings. The van der Waals surface area contributed by atoms with E-state index in [1.165, 1.54) is 6.08 Å². The van der Waals surface area contributed by atoms with Crippen molar-refractivity contribution in [2.45, 2.75) is 113 Å². The van der Waals surface area contributed by atoms with Crippen molar-refractivity contribution in [1.82, 2.24) is 0 Å². The molecule has 0 heterocycles. The molecule has 0 aliphatic heterocycles. The zero-order chi connectivity index (χ0) is 35.9. The zero-order valence-corrected chi connectivity index (χ0v) is 28.3. The van der Waals surface area contributed by atoms with Crippen LogP contribution in [-0.4, -0.2) is 17.0 Å². The third-order valence-electron chi connectivity index (χ3n) is 9.83. The van der Waals surface area contributed by atoms with Crippen LogP contribution in [-0.2, 0) is 24.7 Å². The molecule has 0 saturated heterocycles. The van der Waals surface area contributed by atoms with Gasteiger partial charge in [0.25, 0.3) is 0 Å². The number of rotatable bonds is 7. The summed E-state index contributed by atoms with van der Waals surface area (Å²) in [7, 11) is -3.49. The SMILES string of the molecule is C[C@@H](C1C=CC=C1P(c1cc(C(F)(F)F)cc(C(F)(F)F)c1)c1cc(C(F)(F)F)cc(C(F)(F)F)c1)P(C1CCCCC1)C1CCCCC1. The van der Waals surface area contributed by atoms with Gasteiger partial charge in [0.15, 0.2) is 0 Å². The van der Waals surface area contributed by atoms with E-state index >= 15 is 0 Å². The second-order valence-electron chi connectivity index (χ2n) is 13.1. The van der Waals surface area contributed by atoms with E-state index in [1.54, 1.807) is 12.2 Å². The van der Waals surface area contributed by atoms with E-state index in [9.17, 15) is 52.7 Å². The van der Waals surface area contributed by atoms with Crippen LogP contribution in [0.4, 0.5) is 52.7 Å². The van der Waals surface area contributed by atoms with E-state index in [1.807, 2.05) is 6.92 Å². The van der Waals surface area contributed by atoms with Gasteiger partial charge in [0.1, 0.15) is 0 Å². The van der Waals surface area contributed by atoms with Crippen LogP contribution in [0.3, 0.4) is 0 Å². The molecule has 0 radical (unpaired) electrons. The number of hydrogen-bond donors (Lipinski definition) is 0. The molecule has 270 valence electrons. The van der Waals surface area contributed by atoms with Gasteiger partial charge in [-0.1, -0.05) is 71.6 Å². The van der Waals surface area contributed by atoms with Gasteiger partial charge in [-0.05, 0) is 103 Å². The Morgan fingerprint density at radius 2 is 0.878 bits per heavy atom. The van der Waals surface area contributed by atoms with Crippen molar-refractivity contribution in [2.75, 3.05) is 0 Å². The second kappa shape index (κ2) is 14.5. The molecule has 2 aromatic carbocycles. The topological polar surface area (TPSA) is 0 Å². The molecular formula is C35H36F12P2. The van der Waals surface area contributed by atoms with Gasteiger partial charge in [-0.15, -0.1) is 0 Å². The van der Waals surface area contributed by atoms with Crippen molar-refractivity contribution in [3.05, 3.63) is 82.2 Å². The van der Waals surface area contributed by atoms with E-state index in [4.69, 9.17) is 0 Å². The van der Waals surface area contributed by atoms with Crippen molar-refractivity contribution in [1.29, 1.82) is 0 Å². The van der Waals surface area contributed by atoms with Gasteiger partial charge in [0, 0.05) is 5.92 Å². The lowest BCUT2D eigenvalue weighted by atomic mass is 9.99. The predicted octanol–water partition coefficient (Wildman–Crippen LogP) is 12.8. The van der Waals surface area contributed by atoms with E-state index in [-0.39, 0.29) is 23.1 Å². The molecule has 3 aliphatic rings. The average Bonchev–Trinajstić information content (AvgIpc) is 3.50. The Morgan fingerprint density at radius 3 is 1.20 bits per heavy atom. The molecular weight excluding hydrogens is 710 g/mol. The van der Waals surface area contributed by atoms with E-state index in [0.29, 0.717) is 35.6 Å². The number of halogens is 12. The molecule has 5 rings (SSSR count). The summed E-state index contributed by atoms with van der Waals surface area (Å²) in [5, 5.41) is -0.977. The zero-order valence-electron chi connectivity index (χ0n) is 26.5. The highest BCUT2D eigenvalue weighted by molar-refractivity contribution is 7.77. The highest BCUT2D eigenvalue weighted by Gasteiger charge is 2.44. The number of benzene rings is 2. The molecule has 0 N–H and O–H groups in total. The molecule has 1 unspecified atom stereocenters. The molecule has 0 bridgehead atoms. The minimum absolute atomic E-state index is 0.0862. The quantitative estimate of drug-likeness (QED) is 0.196. The van der Waals surface area contributed by atoms with E-state index in [2.05, 4.69) is 0 Å². The highest BCUT2D eigenvalue weighted by Crippen LogP contribution is 2.64. The van der Waals surface area contributed by atoms with Gasteiger partial charge in [-0.25, -0.2) is 0 Å². The fourth-order valence-corrected chi connectivity index (χ4v) is 15.0. The summed E-state index contributed by atoms with van der Waals surface area (Å²) in [5.74, 6) is -0.589. The summed E-state index contributed by atoms with van der Waals surface area (Å²) < 4.78 is 169. The van der Waals surface area contributed by atoms with E-state index < -0.39 is 79.3 Å². The number of alkyl halides is 12.